The Morgan fingerprint density at radius 1 is 1.42 bits per heavy atom. The van der Waals surface area contributed by atoms with E-state index in [1.165, 1.54) is 5.56 Å². The molecule has 1 unspecified atom stereocenters. The van der Waals surface area contributed by atoms with E-state index in [-0.39, 0.29) is 11.9 Å². The minimum absolute atomic E-state index is 0.0674. The maximum absolute atomic E-state index is 12.6. The molecule has 0 saturated carbocycles. The number of nitrogens with zero attached hydrogens (tertiary/aromatic N) is 3. The molecule has 0 radical (unpaired) electrons. The summed E-state index contributed by atoms with van der Waals surface area (Å²) in [5, 5.41) is 9.98. The van der Waals surface area contributed by atoms with E-state index in [1.54, 1.807) is 0 Å². The fourth-order valence-electron chi connectivity index (χ4n) is 3.23. The summed E-state index contributed by atoms with van der Waals surface area (Å²) in [5.41, 5.74) is 1.24. The fraction of sp³-hybridized carbons (Fsp3) is 0.471. The number of likely N-dealkylation sites (tertiary alicyclic amines) is 1. The molecule has 1 fully saturated rings. The molecule has 2 N–H and O–H groups in total. The summed E-state index contributed by atoms with van der Waals surface area (Å²) in [5.74, 6) is 0.837. The summed E-state index contributed by atoms with van der Waals surface area (Å²) in [7, 11) is 0. The van der Waals surface area contributed by atoms with Gasteiger partial charge in [0.25, 0.3) is 0 Å². The van der Waals surface area contributed by atoms with Crippen molar-refractivity contribution in [3.05, 3.63) is 46.5 Å². The maximum atomic E-state index is 12.6. The van der Waals surface area contributed by atoms with Crippen LogP contribution in [0.5, 0.6) is 0 Å². The van der Waals surface area contributed by atoms with E-state index in [1.807, 2.05) is 29.7 Å². The number of benzene rings is 1. The summed E-state index contributed by atoms with van der Waals surface area (Å²) >= 11 is 5.17. The normalized spacial score (nSPS) is 18.0. The molecule has 3 rings (SSSR count). The number of hydrogen-bond acceptors (Lipinski definition) is 4. The number of carbonyl (C=O) groups is 1. The predicted octanol–water partition coefficient (Wildman–Crippen LogP) is 2.24. The van der Waals surface area contributed by atoms with Crippen LogP contribution in [0.2, 0.25) is 0 Å². The lowest BCUT2D eigenvalue weighted by Gasteiger charge is -2.23. The van der Waals surface area contributed by atoms with Crippen LogP contribution in [0.3, 0.4) is 0 Å². The Balaban J connectivity index is 1.60. The molecule has 1 saturated heterocycles. The summed E-state index contributed by atoms with van der Waals surface area (Å²) in [6.07, 6.45) is 1.96. The Kier molecular flexibility index (Phi) is 5.42. The maximum Gasteiger partial charge on any atom is 0.237 e. The molecule has 0 bridgehead atoms. The van der Waals surface area contributed by atoms with Crippen molar-refractivity contribution in [3.8, 4) is 0 Å². The molecule has 1 amide bonds. The molecule has 2 aromatic rings. The minimum atomic E-state index is -0.0674. The summed E-state index contributed by atoms with van der Waals surface area (Å²) in [6, 6.07) is 10.2. The zero-order valence-corrected chi connectivity index (χ0v) is 14.7. The third-order valence-electron chi connectivity index (χ3n) is 4.47. The van der Waals surface area contributed by atoms with E-state index in [4.69, 9.17) is 12.2 Å². The van der Waals surface area contributed by atoms with Crippen molar-refractivity contribution in [2.24, 2.45) is 0 Å². The molecule has 0 spiro atoms. The lowest BCUT2D eigenvalue weighted by atomic mass is 10.1. The molecule has 6 nitrogen and oxygen atoms in total. The number of carbonyl (C=O) groups excluding carboxylic acids is 1. The highest BCUT2D eigenvalue weighted by atomic mass is 32.1. The first-order chi connectivity index (χ1) is 11.7. The van der Waals surface area contributed by atoms with Crippen molar-refractivity contribution in [2.45, 2.75) is 45.4 Å². The molecular weight excluding hydrogens is 322 g/mol. The molecular formula is C17H23N5OS. The van der Waals surface area contributed by atoms with Crippen LogP contribution in [0.25, 0.3) is 0 Å². The quantitative estimate of drug-likeness (QED) is 0.788. The Morgan fingerprint density at radius 3 is 2.96 bits per heavy atom. The molecule has 24 heavy (non-hydrogen) atoms. The van der Waals surface area contributed by atoms with E-state index in [0.717, 1.165) is 38.3 Å². The van der Waals surface area contributed by atoms with Crippen LogP contribution in [0.15, 0.2) is 30.3 Å². The lowest BCUT2D eigenvalue weighted by Crippen LogP contribution is -2.42. The topological polar surface area (TPSA) is 66.0 Å². The second kappa shape index (κ2) is 7.72. The molecule has 1 aliphatic rings. The van der Waals surface area contributed by atoms with Gasteiger partial charge >= 0.3 is 0 Å². The van der Waals surface area contributed by atoms with Crippen LogP contribution in [0.4, 0.5) is 0 Å². The molecule has 128 valence electrons. The third kappa shape index (κ3) is 3.73. The third-order valence-corrected chi connectivity index (χ3v) is 4.78. The smallest absolute Gasteiger partial charge is 0.237 e. The van der Waals surface area contributed by atoms with Crippen molar-refractivity contribution < 1.29 is 4.79 Å². The fourth-order valence-corrected chi connectivity index (χ4v) is 3.51. The van der Waals surface area contributed by atoms with Crippen LogP contribution in [0, 0.1) is 4.77 Å². The zero-order chi connectivity index (χ0) is 16.9. The van der Waals surface area contributed by atoms with Gasteiger partial charge in [-0.1, -0.05) is 30.3 Å². The average molecular weight is 345 g/mol. The number of amides is 1. The van der Waals surface area contributed by atoms with Gasteiger partial charge < -0.3 is 9.88 Å². The predicted molar refractivity (Wildman–Crippen MR) is 94.8 cm³/mol. The lowest BCUT2D eigenvalue weighted by molar-refractivity contribution is -0.125. The van der Waals surface area contributed by atoms with Crippen LogP contribution in [0.1, 0.15) is 31.2 Å². The van der Waals surface area contributed by atoms with Crippen molar-refractivity contribution in [3.63, 3.8) is 0 Å². The number of nitrogens with one attached hydrogen (secondary N) is 2. The summed E-state index contributed by atoms with van der Waals surface area (Å²) in [6.45, 7) is 4.92. The number of aromatic amines is 1. The van der Waals surface area contributed by atoms with Crippen molar-refractivity contribution in [2.75, 3.05) is 6.54 Å². The first-order valence-corrected chi connectivity index (χ1v) is 8.79. The zero-order valence-electron chi connectivity index (χ0n) is 13.9. The molecule has 1 atom stereocenters. The van der Waals surface area contributed by atoms with Gasteiger partial charge in [0.2, 0.25) is 5.91 Å². The average Bonchev–Trinajstić information content (AvgIpc) is 3.20. The SMILES string of the molecule is CCn1c(CNC(=O)C2CCCN2Cc2ccccc2)n[nH]c1=S. The molecule has 0 aliphatic carbocycles. The van der Waals surface area contributed by atoms with Crippen molar-refractivity contribution in [1.29, 1.82) is 0 Å². The van der Waals surface area contributed by atoms with Gasteiger partial charge in [-0.2, -0.15) is 5.10 Å². The van der Waals surface area contributed by atoms with E-state index < -0.39 is 0 Å². The molecule has 2 heterocycles. The Morgan fingerprint density at radius 2 is 2.21 bits per heavy atom. The first kappa shape index (κ1) is 16.9. The number of hydrogen-bond donors (Lipinski definition) is 2. The van der Waals surface area contributed by atoms with Crippen LogP contribution >= 0.6 is 12.2 Å². The van der Waals surface area contributed by atoms with Gasteiger partial charge in [-0.15, -0.1) is 0 Å². The highest BCUT2D eigenvalue weighted by Gasteiger charge is 2.30. The Labute approximate surface area is 146 Å². The van der Waals surface area contributed by atoms with Gasteiger partial charge in [0.15, 0.2) is 10.6 Å². The monoisotopic (exact) mass is 345 g/mol. The van der Waals surface area contributed by atoms with Gasteiger partial charge in [-0.05, 0) is 44.1 Å². The van der Waals surface area contributed by atoms with Crippen molar-refractivity contribution >= 4 is 18.1 Å². The van der Waals surface area contributed by atoms with Gasteiger partial charge in [0, 0.05) is 13.1 Å². The van der Waals surface area contributed by atoms with Crippen LogP contribution in [-0.2, 0) is 24.4 Å². The van der Waals surface area contributed by atoms with E-state index in [9.17, 15) is 4.79 Å². The molecule has 7 heteroatoms. The van der Waals surface area contributed by atoms with E-state index in [2.05, 4.69) is 32.5 Å². The summed E-state index contributed by atoms with van der Waals surface area (Å²) < 4.78 is 2.49. The minimum Gasteiger partial charge on any atom is -0.347 e. The van der Waals surface area contributed by atoms with Crippen LogP contribution in [-0.4, -0.2) is 38.2 Å². The number of rotatable bonds is 6. The second-order valence-electron chi connectivity index (χ2n) is 6.02. The first-order valence-electron chi connectivity index (χ1n) is 8.38. The second-order valence-corrected chi connectivity index (χ2v) is 6.41. The Bertz CT molecular complexity index is 739. The number of H-pyrrole nitrogens is 1. The van der Waals surface area contributed by atoms with Gasteiger partial charge in [0.1, 0.15) is 0 Å². The molecule has 1 aliphatic heterocycles. The summed E-state index contributed by atoms with van der Waals surface area (Å²) in [4.78, 5) is 14.9. The Hall–Kier alpha value is -1.99. The van der Waals surface area contributed by atoms with Gasteiger partial charge in [-0.25, -0.2) is 0 Å². The van der Waals surface area contributed by atoms with Gasteiger partial charge in [-0.3, -0.25) is 14.8 Å². The largest absolute Gasteiger partial charge is 0.347 e. The van der Waals surface area contributed by atoms with E-state index >= 15 is 0 Å². The van der Waals surface area contributed by atoms with Crippen LogP contribution < -0.4 is 5.32 Å². The highest BCUT2D eigenvalue weighted by molar-refractivity contribution is 7.71. The van der Waals surface area contributed by atoms with Gasteiger partial charge in [0.05, 0.1) is 12.6 Å². The van der Waals surface area contributed by atoms with E-state index in [0.29, 0.717) is 11.3 Å². The van der Waals surface area contributed by atoms with Crippen molar-refractivity contribution in [1.82, 2.24) is 25.0 Å². The standard InChI is InChI=1S/C17H23N5OS/c1-2-22-15(19-20-17(22)24)11-18-16(23)14-9-6-10-21(14)12-13-7-4-3-5-8-13/h3-5,7-8,14H,2,6,9-12H2,1H3,(H,18,23)(H,20,24). The molecule has 1 aromatic carbocycles. The molecule has 1 aromatic heterocycles. The number of aromatic nitrogens is 3. The highest BCUT2D eigenvalue weighted by Crippen LogP contribution is 2.20.